The van der Waals surface area contributed by atoms with Crippen LogP contribution in [0.15, 0.2) is 41.4 Å². The fraction of sp³-hybridized carbons (Fsp3) is 0.316. The molecule has 1 atom stereocenters. The van der Waals surface area contributed by atoms with E-state index in [1.165, 1.54) is 41.4 Å². The number of hydrogen-bond acceptors (Lipinski definition) is 6. The number of nitrogens with zero attached hydrogens (tertiary/aromatic N) is 3. The summed E-state index contributed by atoms with van der Waals surface area (Å²) in [7, 11) is -4.21. The van der Waals surface area contributed by atoms with Crippen molar-refractivity contribution in [1.82, 2.24) is 19.5 Å². The van der Waals surface area contributed by atoms with Crippen LogP contribution in [-0.4, -0.2) is 66.8 Å². The standard InChI is InChI=1S/C19H20Cl3N5O4S/c20-14-4-3-13(10-15(14)21)32(30,31)27-9-1-8-26(18(27)17(28)24-7-6-23)19(29)12-2-5-16(22)25-11-12/h2-5,10-11,18H,1,6-9,23H2,(H,24,28). The number of hydrogen-bond donors (Lipinski definition) is 2. The number of sulfonamides is 1. The van der Waals surface area contributed by atoms with Gasteiger partial charge < -0.3 is 16.0 Å². The fourth-order valence-electron chi connectivity index (χ4n) is 3.26. The van der Waals surface area contributed by atoms with Crippen LogP contribution in [0.25, 0.3) is 0 Å². The predicted octanol–water partition coefficient (Wildman–Crippen LogP) is 1.98. The van der Waals surface area contributed by atoms with Crippen LogP contribution in [0.2, 0.25) is 15.2 Å². The molecule has 3 N–H and O–H groups in total. The van der Waals surface area contributed by atoms with Gasteiger partial charge in [-0.3, -0.25) is 9.59 Å². The monoisotopic (exact) mass is 519 g/mol. The summed E-state index contributed by atoms with van der Waals surface area (Å²) in [5.41, 5.74) is 5.64. The van der Waals surface area contributed by atoms with Crippen LogP contribution in [0.5, 0.6) is 0 Å². The normalized spacial score (nSPS) is 17.2. The van der Waals surface area contributed by atoms with Gasteiger partial charge in [0.1, 0.15) is 5.15 Å². The molecule has 1 fully saturated rings. The van der Waals surface area contributed by atoms with Gasteiger partial charge in [-0.1, -0.05) is 34.8 Å². The second-order valence-corrected chi connectivity index (χ2v) is 9.96. The SMILES string of the molecule is NCCNC(=O)C1N(C(=O)c2ccc(Cl)nc2)CCCN1S(=O)(=O)c1ccc(Cl)c(Cl)c1. The molecule has 2 heterocycles. The van der Waals surface area contributed by atoms with Gasteiger partial charge in [-0.15, -0.1) is 0 Å². The first kappa shape index (κ1) is 24.7. The van der Waals surface area contributed by atoms with Crippen LogP contribution in [0.4, 0.5) is 0 Å². The largest absolute Gasteiger partial charge is 0.352 e. The average molecular weight is 521 g/mol. The van der Waals surface area contributed by atoms with Crippen molar-refractivity contribution in [3.05, 3.63) is 57.3 Å². The van der Waals surface area contributed by atoms with Gasteiger partial charge in [0.05, 0.1) is 20.5 Å². The van der Waals surface area contributed by atoms with Crippen LogP contribution in [-0.2, 0) is 14.8 Å². The topological polar surface area (TPSA) is 126 Å². The minimum Gasteiger partial charge on any atom is -0.352 e. The lowest BCUT2D eigenvalue weighted by atomic mass is 10.2. The van der Waals surface area contributed by atoms with E-state index in [0.717, 1.165) is 4.31 Å². The molecule has 2 aromatic rings. The van der Waals surface area contributed by atoms with Crippen molar-refractivity contribution in [3.63, 3.8) is 0 Å². The Balaban J connectivity index is 2.03. The number of carbonyl (C=O) groups is 2. The highest BCUT2D eigenvalue weighted by atomic mass is 35.5. The quantitative estimate of drug-likeness (QED) is 0.561. The molecule has 1 aromatic carbocycles. The molecule has 0 radical (unpaired) electrons. The molecule has 1 aliphatic heterocycles. The molecule has 2 amide bonds. The summed E-state index contributed by atoms with van der Waals surface area (Å²) in [6.45, 7) is 0.440. The van der Waals surface area contributed by atoms with Crippen LogP contribution in [0.1, 0.15) is 16.8 Å². The Morgan fingerprint density at radius 3 is 2.50 bits per heavy atom. The maximum atomic E-state index is 13.4. The number of halogens is 3. The minimum absolute atomic E-state index is 0.0198. The number of pyridine rings is 1. The van der Waals surface area contributed by atoms with Gasteiger partial charge in [-0.05, 0) is 36.8 Å². The zero-order chi connectivity index (χ0) is 23.5. The van der Waals surface area contributed by atoms with Gasteiger partial charge in [-0.2, -0.15) is 4.31 Å². The number of benzene rings is 1. The third kappa shape index (κ3) is 5.16. The Morgan fingerprint density at radius 2 is 1.88 bits per heavy atom. The third-order valence-electron chi connectivity index (χ3n) is 4.76. The van der Waals surface area contributed by atoms with E-state index in [0.29, 0.717) is 6.42 Å². The molecule has 3 rings (SSSR count). The summed E-state index contributed by atoms with van der Waals surface area (Å²) < 4.78 is 27.9. The molecule has 0 saturated carbocycles. The summed E-state index contributed by atoms with van der Waals surface area (Å²) in [6.07, 6.45) is 0.151. The molecule has 0 spiro atoms. The predicted molar refractivity (Wildman–Crippen MR) is 121 cm³/mol. The van der Waals surface area contributed by atoms with E-state index < -0.39 is 28.0 Å². The van der Waals surface area contributed by atoms with Crippen LogP contribution < -0.4 is 11.1 Å². The average Bonchev–Trinajstić information content (AvgIpc) is 2.78. The zero-order valence-corrected chi connectivity index (χ0v) is 19.8. The number of amides is 2. The minimum atomic E-state index is -4.21. The molecule has 9 nitrogen and oxygen atoms in total. The van der Waals surface area contributed by atoms with Gasteiger partial charge in [0, 0.05) is 32.4 Å². The smallest absolute Gasteiger partial charge is 0.259 e. The van der Waals surface area contributed by atoms with E-state index >= 15 is 0 Å². The van der Waals surface area contributed by atoms with Crippen molar-refractivity contribution in [2.75, 3.05) is 26.2 Å². The van der Waals surface area contributed by atoms with Crippen LogP contribution in [0, 0.1) is 0 Å². The molecular weight excluding hydrogens is 501 g/mol. The van der Waals surface area contributed by atoms with Crippen molar-refractivity contribution >= 4 is 56.6 Å². The maximum absolute atomic E-state index is 13.4. The first-order valence-corrected chi connectivity index (χ1v) is 12.1. The number of aromatic nitrogens is 1. The summed E-state index contributed by atoms with van der Waals surface area (Å²) in [6, 6.07) is 6.75. The van der Waals surface area contributed by atoms with Crippen molar-refractivity contribution in [2.45, 2.75) is 17.5 Å². The lowest BCUT2D eigenvalue weighted by Gasteiger charge is -2.41. The Bertz CT molecular complexity index is 1110. The second-order valence-electron chi connectivity index (χ2n) is 6.87. The van der Waals surface area contributed by atoms with Gasteiger partial charge in [0.25, 0.3) is 11.8 Å². The summed E-state index contributed by atoms with van der Waals surface area (Å²) in [5.74, 6) is -1.23. The molecule has 1 aliphatic rings. The highest BCUT2D eigenvalue weighted by Gasteiger charge is 2.44. The Morgan fingerprint density at radius 1 is 1.12 bits per heavy atom. The lowest BCUT2D eigenvalue weighted by Crippen LogP contribution is -2.63. The molecule has 172 valence electrons. The highest BCUT2D eigenvalue weighted by Crippen LogP contribution is 2.30. The van der Waals surface area contributed by atoms with E-state index in [-0.39, 0.29) is 51.8 Å². The second kappa shape index (κ2) is 10.3. The molecule has 0 bridgehead atoms. The number of rotatable bonds is 6. The molecule has 1 aromatic heterocycles. The van der Waals surface area contributed by atoms with Crippen LogP contribution >= 0.6 is 34.8 Å². The summed E-state index contributed by atoms with van der Waals surface area (Å²) >= 11 is 17.7. The van der Waals surface area contributed by atoms with Crippen molar-refractivity contribution in [3.8, 4) is 0 Å². The van der Waals surface area contributed by atoms with E-state index in [9.17, 15) is 18.0 Å². The van der Waals surface area contributed by atoms with Crippen molar-refractivity contribution in [1.29, 1.82) is 0 Å². The van der Waals surface area contributed by atoms with E-state index in [1.54, 1.807) is 0 Å². The van der Waals surface area contributed by atoms with E-state index in [2.05, 4.69) is 10.3 Å². The summed E-state index contributed by atoms with van der Waals surface area (Å²) in [4.78, 5) is 31.1. The molecule has 32 heavy (non-hydrogen) atoms. The van der Waals surface area contributed by atoms with Crippen molar-refractivity contribution in [2.24, 2.45) is 5.73 Å². The first-order chi connectivity index (χ1) is 15.2. The molecule has 1 saturated heterocycles. The Labute approximate surface area is 200 Å². The lowest BCUT2D eigenvalue weighted by molar-refractivity contribution is -0.130. The van der Waals surface area contributed by atoms with E-state index in [4.69, 9.17) is 40.5 Å². The zero-order valence-electron chi connectivity index (χ0n) is 16.7. The first-order valence-electron chi connectivity index (χ1n) is 9.54. The number of carbonyl (C=O) groups excluding carboxylic acids is 2. The highest BCUT2D eigenvalue weighted by molar-refractivity contribution is 7.89. The Kier molecular flexibility index (Phi) is 7.97. The number of nitrogens with one attached hydrogen (secondary N) is 1. The number of nitrogens with two attached hydrogens (primary N) is 1. The Hall–Kier alpha value is -1.95. The summed E-state index contributed by atoms with van der Waals surface area (Å²) in [5, 5.41) is 3.01. The molecule has 13 heteroatoms. The van der Waals surface area contributed by atoms with Gasteiger partial charge >= 0.3 is 0 Å². The van der Waals surface area contributed by atoms with Gasteiger partial charge in [0.15, 0.2) is 6.17 Å². The van der Waals surface area contributed by atoms with Crippen LogP contribution in [0.3, 0.4) is 0 Å². The molecule has 0 aliphatic carbocycles. The molecular formula is C19H20Cl3N5O4S. The van der Waals surface area contributed by atoms with Gasteiger partial charge in [0.2, 0.25) is 10.0 Å². The van der Waals surface area contributed by atoms with Gasteiger partial charge in [-0.25, -0.2) is 13.4 Å². The third-order valence-corrected chi connectivity index (χ3v) is 7.57. The molecule has 1 unspecified atom stereocenters. The fourth-order valence-corrected chi connectivity index (χ4v) is 5.36. The maximum Gasteiger partial charge on any atom is 0.259 e. The van der Waals surface area contributed by atoms with E-state index in [1.807, 2.05) is 0 Å². The van der Waals surface area contributed by atoms with Crippen molar-refractivity contribution < 1.29 is 18.0 Å².